The molecule has 112 valence electrons. The van der Waals surface area contributed by atoms with Crippen LogP contribution >= 0.6 is 15.9 Å². The van der Waals surface area contributed by atoms with Gasteiger partial charge in [0, 0.05) is 11.5 Å². The van der Waals surface area contributed by atoms with Crippen molar-refractivity contribution in [3.63, 3.8) is 0 Å². The van der Waals surface area contributed by atoms with E-state index in [0.717, 1.165) is 21.8 Å². The van der Waals surface area contributed by atoms with Crippen LogP contribution in [0.1, 0.15) is 45.1 Å². The molecule has 0 spiro atoms. The average molecular weight is 352 g/mol. The predicted molar refractivity (Wildman–Crippen MR) is 86.9 cm³/mol. The standard InChI is InChI=1S/C16H19BrFN3/c1-10(11-6-5-7-12(18)8-11)19-14-9-13(17)20-15(21-14)16(2,3)4/h5-10H,1-4H3,(H,19,20,21). The van der Waals surface area contributed by atoms with Crippen molar-refractivity contribution in [3.8, 4) is 0 Å². The Kier molecular flexibility index (Phi) is 4.61. The SMILES string of the molecule is CC(Nc1cc(Br)nc(C(C)(C)C)n1)c1cccc(F)c1. The summed E-state index contributed by atoms with van der Waals surface area (Å²) in [6, 6.07) is 8.34. The Hall–Kier alpha value is -1.49. The minimum Gasteiger partial charge on any atom is -0.363 e. The zero-order chi connectivity index (χ0) is 15.6. The highest BCUT2D eigenvalue weighted by Crippen LogP contribution is 2.25. The second kappa shape index (κ2) is 6.10. The minimum atomic E-state index is -0.236. The molecule has 21 heavy (non-hydrogen) atoms. The van der Waals surface area contributed by atoms with Crippen LogP contribution in [0, 0.1) is 5.82 Å². The van der Waals surface area contributed by atoms with Crippen LogP contribution in [0.5, 0.6) is 0 Å². The zero-order valence-corrected chi connectivity index (χ0v) is 14.2. The first-order chi connectivity index (χ1) is 9.75. The third-order valence-corrected chi connectivity index (χ3v) is 3.49. The van der Waals surface area contributed by atoms with Crippen LogP contribution in [0.15, 0.2) is 34.9 Å². The molecule has 0 saturated heterocycles. The van der Waals surface area contributed by atoms with Gasteiger partial charge in [-0.2, -0.15) is 0 Å². The molecule has 0 aliphatic carbocycles. The fourth-order valence-corrected chi connectivity index (χ4v) is 2.29. The van der Waals surface area contributed by atoms with Crippen molar-refractivity contribution < 1.29 is 4.39 Å². The summed E-state index contributed by atoms with van der Waals surface area (Å²) in [5.74, 6) is 1.24. The molecule has 0 aliphatic rings. The van der Waals surface area contributed by atoms with Crippen LogP contribution in [0.25, 0.3) is 0 Å². The van der Waals surface area contributed by atoms with E-state index in [1.807, 2.05) is 19.1 Å². The van der Waals surface area contributed by atoms with Gasteiger partial charge in [-0.3, -0.25) is 0 Å². The van der Waals surface area contributed by atoms with Crippen molar-refractivity contribution in [2.24, 2.45) is 0 Å². The molecule has 0 amide bonds. The third-order valence-electron chi connectivity index (χ3n) is 3.08. The van der Waals surface area contributed by atoms with Crippen LogP contribution in [0.2, 0.25) is 0 Å². The Morgan fingerprint density at radius 1 is 1.19 bits per heavy atom. The summed E-state index contributed by atoms with van der Waals surface area (Å²) in [6.07, 6.45) is 0. The van der Waals surface area contributed by atoms with E-state index in [-0.39, 0.29) is 17.3 Å². The van der Waals surface area contributed by atoms with Gasteiger partial charge in [0.1, 0.15) is 22.1 Å². The molecule has 0 aliphatic heterocycles. The molecule has 1 unspecified atom stereocenters. The van der Waals surface area contributed by atoms with Crippen LogP contribution in [-0.4, -0.2) is 9.97 Å². The maximum absolute atomic E-state index is 13.3. The molecule has 0 fully saturated rings. The predicted octanol–water partition coefficient (Wildman–Crippen LogP) is 4.85. The Morgan fingerprint density at radius 3 is 2.52 bits per heavy atom. The molecular weight excluding hydrogens is 333 g/mol. The average Bonchev–Trinajstić information content (AvgIpc) is 2.37. The maximum atomic E-state index is 13.3. The monoisotopic (exact) mass is 351 g/mol. The number of hydrogen-bond donors (Lipinski definition) is 1. The number of halogens is 2. The molecule has 1 N–H and O–H groups in total. The van der Waals surface area contributed by atoms with Gasteiger partial charge in [0.05, 0.1) is 6.04 Å². The lowest BCUT2D eigenvalue weighted by Gasteiger charge is -2.20. The van der Waals surface area contributed by atoms with Gasteiger partial charge in [0.2, 0.25) is 0 Å². The van der Waals surface area contributed by atoms with E-state index in [1.54, 1.807) is 6.07 Å². The van der Waals surface area contributed by atoms with Gasteiger partial charge in [-0.05, 0) is 40.5 Å². The summed E-state index contributed by atoms with van der Waals surface area (Å²) < 4.78 is 14.0. The van der Waals surface area contributed by atoms with Crippen molar-refractivity contribution in [2.45, 2.75) is 39.2 Å². The Bertz CT molecular complexity index is 638. The van der Waals surface area contributed by atoms with Gasteiger partial charge in [0.15, 0.2) is 0 Å². The fraction of sp³-hybridized carbons (Fsp3) is 0.375. The summed E-state index contributed by atoms with van der Waals surface area (Å²) in [7, 11) is 0. The zero-order valence-electron chi connectivity index (χ0n) is 12.6. The van der Waals surface area contributed by atoms with E-state index < -0.39 is 0 Å². The van der Waals surface area contributed by atoms with Crippen molar-refractivity contribution in [1.29, 1.82) is 0 Å². The lowest BCUT2D eigenvalue weighted by molar-refractivity contribution is 0.544. The van der Waals surface area contributed by atoms with E-state index in [2.05, 4.69) is 52.0 Å². The Balaban J connectivity index is 2.25. The molecule has 5 heteroatoms. The minimum absolute atomic E-state index is 0.0460. The first-order valence-corrected chi connectivity index (χ1v) is 7.62. The van der Waals surface area contributed by atoms with Crippen LogP contribution in [0.4, 0.5) is 10.2 Å². The second-order valence-electron chi connectivity index (χ2n) is 6.07. The molecule has 3 nitrogen and oxygen atoms in total. The van der Waals surface area contributed by atoms with Gasteiger partial charge in [-0.25, -0.2) is 14.4 Å². The van der Waals surface area contributed by atoms with Crippen LogP contribution in [-0.2, 0) is 5.41 Å². The Labute approximate surface area is 133 Å². The molecule has 0 bridgehead atoms. The quantitative estimate of drug-likeness (QED) is 0.803. The molecule has 2 aromatic rings. The number of rotatable bonds is 3. The van der Waals surface area contributed by atoms with Crippen LogP contribution < -0.4 is 5.32 Å². The highest BCUT2D eigenvalue weighted by atomic mass is 79.9. The number of nitrogens with one attached hydrogen (secondary N) is 1. The van der Waals surface area contributed by atoms with Crippen molar-refractivity contribution in [1.82, 2.24) is 9.97 Å². The topological polar surface area (TPSA) is 37.8 Å². The summed E-state index contributed by atoms with van der Waals surface area (Å²) >= 11 is 3.41. The van der Waals surface area contributed by atoms with Crippen molar-refractivity contribution >= 4 is 21.7 Å². The second-order valence-corrected chi connectivity index (χ2v) is 6.88. The van der Waals surface area contributed by atoms with Gasteiger partial charge < -0.3 is 5.32 Å². The smallest absolute Gasteiger partial charge is 0.137 e. The first-order valence-electron chi connectivity index (χ1n) is 6.83. The van der Waals surface area contributed by atoms with E-state index in [4.69, 9.17) is 0 Å². The molecule has 1 aromatic carbocycles. The lowest BCUT2D eigenvalue weighted by atomic mass is 9.96. The molecular formula is C16H19BrFN3. The van der Waals surface area contributed by atoms with Gasteiger partial charge in [0.25, 0.3) is 0 Å². The number of hydrogen-bond acceptors (Lipinski definition) is 3. The maximum Gasteiger partial charge on any atom is 0.137 e. The van der Waals surface area contributed by atoms with Gasteiger partial charge in [-0.15, -0.1) is 0 Å². The number of aromatic nitrogens is 2. The number of nitrogens with zero attached hydrogens (tertiary/aromatic N) is 2. The number of anilines is 1. The summed E-state index contributed by atoms with van der Waals surface area (Å²) in [6.45, 7) is 8.17. The van der Waals surface area contributed by atoms with Crippen LogP contribution in [0.3, 0.4) is 0 Å². The first kappa shape index (κ1) is 15.9. The molecule has 0 saturated carbocycles. The normalized spacial score (nSPS) is 13.0. The number of benzene rings is 1. The largest absolute Gasteiger partial charge is 0.363 e. The van der Waals surface area contributed by atoms with E-state index in [9.17, 15) is 4.39 Å². The Morgan fingerprint density at radius 2 is 1.90 bits per heavy atom. The highest BCUT2D eigenvalue weighted by Gasteiger charge is 2.19. The highest BCUT2D eigenvalue weighted by molar-refractivity contribution is 9.10. The van der Waals surface area contributed by atoms with Gasteiger partial charge >= 0.3 is 0 Å². The summed E-state index contributed by atoms with van der Waals surface area (Å²) in [5, 5.41) is 3.29. The van der Waals surface area contributed by atoms with E-state index in [0.29, 0.717) is 0 Å². The summed E-state index contributed by atoms with van der Waals surface area (Å²) in [5.41, 5.74) is 0.740. The third kappa shape index (κ3) is 4.24. The van der Waals surface area contributed by atoms with E-state index >= 15 is 0 Å². The van der Waals surface area contributed by atoms with Gasteiger partial charge in [-0.1, -0.05) is 32.9 Å². The molecule has 0 radical (unpaired) electrons. The molecule has 1 aromatic heterocycles. The van der Waals surface area contributed by atoms with E-state index in [1.165, 1.54) is 12.1 Å². The molecule has 2 rings (SSSR count). The lowest BCUT2D eigenvalue weighted by Crippen LogP contribution is -2.18. The fourth-order valence-electron chi connectivity index (χ4n) is 1.91. The van der Waals surface area contributed by atoms with Crippen molar-refractivity contribution in [2.75, 3.05) is 5.32 Å². The summed E-state index contributed by atoms with van der Waals surface area (Å²) in [4.78, 5) is 8.95. The molecule has 1 heterocycles. The van der Waals surface area contributed by atoms with Crippen molar-refractivity contribution in [3.05, 3.63) is 52.1 Å². The molecule has 1 atom stereocenters.